The van der Waals surface area contributed by atoms with Gasteiger partial charge < -0.3 is 5.32 Å². The molecule has 0 radical (unpaired) electrons. The van der Waals surface area contributed by atoms with Gasteiger partial charge in [0.15, 0.2) is 0 Å². The lowest BCUT2D eigenvalue weighted by Gasteiger charge is -2.25. The third kappa shape index (κ3) is 3.36. The van der Waals surface area contributed by atoms with Gasteiger partial charge in [0.1, 0.15) is 5.82 Å². The predicted molar refractivity (Wildman–Crippen MR) is 90.3 cm³/mol. The number of aromatic nitrogens is 2. The van der Waals surface area contributed by atoms with Gasteiger partial charge in [-0.1, -0.05) is 29.8 Å². The molecule has 3 heteroatoms. The topological polar surface area (TPSA) is 37.8 Å². The van der Waals surface area contributed by atoms with Crippen LogP contribution in [-0.4, -0.2) is 23.1 Å². The highest BCUT2D eigenvalue weighted by atomic mass is 14.9. The summed E-state index contributed by atoms with van der Waals surface area (Å²) in [5.41, 5.74) is 6.30. The monoisotopic (exact) mass is 295 g/mol. The molecule has 116 valence electrons. The molecule has 0 amide bonds. The SMILES string of the molecule is Cc1cccc(Cc2nc(C)c(C3CCNCC3)c(C)n2)c1. The molecule has 1 N–H and O–H groups in total. The molecule has 1 aliphatic rings. The maximum absolute atomic E-state index is 4.80. The molecule has 2 heterocycles. The largest absolute Gasteiger partial charge is 0.317 e. The van der Waals surface area contributed by atoms with E-state index < -0.39 is 0 Å². The first kappa shape index (κ1) is 15.2. The van der Waals surface area contributed by atoms with Crippen LogP contribution in [0.1, 0.15) is 52.7 Å². The fraction of sp³-hybridized carbons (Fsp3) is 0.474. The van der Waals surface area contributed by atoms with Gasteiger partial charge in [-0.05, 0) is 63.7 Å². The molecule has 1 fully saturated rings. The van der Waals surface area contributed by atoms with E-state index in [-0.39, 0.29) is 0 Å². The second-order valence-corrected chi connectivity index (χ2v) is 6.41. The van der Waals surface area contributed by atoms with Gasteiger partial charge in [0, 0.05) is 17.8 Å². The quantitative estimate of drug-likeness (QED) is 0.942. The molecule has 0 unspecified atom stereocenters. The van der Waals surface area contributed by atoms with Crippen LogP contribution in [-0.2, 0) is 6.42 Å². The molecular formula is C19H25N3. The predicted octanol–water partition coefficient (Wildman–Crippen LogP) is 3.46. The van der Waals surface area contributed by atoms with Gasteiger partial charge >= 0.3 is 0 Å². The Hall–Kier alpha value is -1.74. The summed E-state index contributed by atoms with van der Waals surface area (Å²) in [7, 11) is 0. The van der Waals surface area contributed by atoms with Gasteiger partial charge in [-0.25, -0.2) is 9.97 Å². The number of aryl methyl sites for hydroxylation is 3. The lowest BCUT2D eigenvalue weighted by Crippen LogP contribution is -2.27. The van der Waals surface area contributed by atoms with Gasteiger partial charge in [-0.3, -0.25) is 0 Å². The molecule has 1 aromatic carbocycles. The Bertz CT molecular complexity index is 634. The van der Waals surface area contributed by atoms with Crippen LogP contribution < -0.4 is 5.32 Å². The summed E-state index contributed by atoms with van der Waals surface area (Å²) in [6.45, 7) is 8.63. The van der Waals surface area contributed by atoms with Crippen molar-refractivity contribution in [3.8, 4) is 0 Å². The highest BCUT2D eigenvalue weighted by molar-refractivity contribution is 5.31. The van der Waals surface area contributed by atoms with Gasteiger partial charge in [-0.15, -0.1) is 0 Å². The number of hydrogen-bond acceptors (Lipinski definition) is 3. The van der Waals surface area contributed by atoms with Crippen molar-refractivity contribution in [1.29, 1.82) is 0 Å². The zero-order valence-corrected chi connectivity index (χ0v) is 13.8. The summed E-state index contributed by atoms with van der Waals surface area (Å²) >= 11 is 0. The molecule has 0 spiro atoms. The molecule has 0 saturated carbocycles. The van der Waals surface area contributed by atoms with Crippen LogP contribution in [0.2, 0.25) is 0 Å². The van der Waals surface area contributed by atoms with Gasteiger partial charge in [0.05, 0.1) is 0 Å². The first-order valence-electron chi connectivity index (χ1n) is 8.24. The van der Waals surface area contributed by atoms with E-state index in [2.05, 4.69) is 50.4 Å². The van der Waals surface area contributed by atoms with Crippen LogP contribution in [0, 0.1) is 20.8 Å². The molecule has 22 heavy (non-hydrogen) atoms. The fourth-order valence-electron chi connectivity index (χ4n) is 3.58. The van der Waals surface area contributed by atoms with Crippen molar-refractivity contribution in [2.75, 3.05) is 13.1 Å². The maximum atomic E-state index is 4.80. The Kier molecular flexibility index (Phi) is 4.53. The van der Waals surface area contributed by atoms with Gasteiger partial charge in [-0.2, -0.15) is 0 Å². The molecular weight excluding hydrogens is 270 g/mol. The zero-order valence-electron chi connectivity index (χ0n) is 13.8. The van der Waals surface area contributed by atoms with Crippen LogP contribution in [0.15, 0.2) is 24.3 Å². The van der Waals surface area contributed by atoms with Crippen molar-refractivity contribution in [3.05, 3.63) is 58.2 Å². The molecule has 1 aliphatic heterocycles. The summed E-state index contributed by atoms with van der Waals surface area (Å²) < 4.78 is 0. The molecule has 0 atom stereocenters. The summed E-state index contributed by atoms with van der Waals surface area (Å²) in [4.78, 5) is 9.61. The second-order valence-electron chi connectivity index (χ2n) is 6.41. The zero-order chi connectivity index (χ0) is 15.5. The molecule has 3 rings (SSSR count). The van der Waals surface area contributed by atoms with E-state index >= 15 is 0 Å². The first-order chi connectivity index (χ1) is 10.6. The lowest BCUT2D eigenvalue weighted by atomic mass is 9.88. The van der Waals surface area contributed by atoms with E-state index in [4.69, 9.17) is 9.97 Å². The molecule has 1 aromatic heterocycles. The number of rotatable bonds is 3. The van der Waals surface area contributed by atoms with E-state index in [1.54, 1.807) is 0 Å². The number of nitrogens with zero attached hydrogens (tertiary/aromatic N) is 2. The molecule has 2 aromatic rings. The average Bonchev–Trinajstić information content (AvgIpc) is 2.47. The Balaban J connectivity index is 1.85. The highest BCUT2D eigenvalue weighted by Gasteiger charge is 2.21. The Morgan fingerprint density at radius 2 is 1.73 bits per heavy atom. The number of hydrogen-bond donors (Lipinski definition) is 1. The highest BCUT2D eigenvalue weighted by Crippen LogP contribution is 2.29. The van der Waals surface area contributed by atoms with Gasteiger partial charge in [0.2, 0.25) is 0 Å². The molecule has 1 saturated heterocycles. The minimum atomic E-state index is 0.620. The Morgan fingerprint density at radius 3 is 2.36 bits per heavy atom. The van der Waals surface area contributed by atoms with E-state index in [1.807, 2.05) is 0 Å². The van der Waals surface area contributed by atoms with E-state index in [0.717, 1.165) is 25.3 Å². The standard InChI is InChI=1S/C19H25N3/c1-13-5-4-6-16(11-13)12-18-21-14(2)19(15(3)22-18)17-7-9-20-10-8-17/h4-6,11,17,20H,7-10,12H2,1-3H3. The molecule has 0 aliphatic carbocycles. The molecule has 0 bridgehead atoms. The Morgan fingerprint density at radius 1 is 1.05 bits per heavy atom. The third-order valence-corrected chi connectivity index (χ3v) is 4.57. The summed E-state index contributed by atoms with van der Waals surface area (Å²) in [6, 6.07) is 8.60. The normalized spacial score (nSPS) is 16.0. The van der Waals surface area contributed by atoms with Crippen molar-refractivity contribution in [1.82, 2.24) is 15.3 Å². The first-order valence-corrected chi connectivity index (χ1v) is 8.24. The minimum Gasteiger partial charge on any atom is -0.317 e. The van der Waals surface area contributed by atoms with E-state index in [9.17, 15) is 0 Å². The third-order valence-electron chi connectivity index (χ3n) is 4.57. The average molecular weight is 295 g/mol. The van der Waals surface area contributed by atoms with Crippen LogP contribution in [0.3, 0.4) is 0 Å². The van der Waals surface area contributed by atoms with Gasteiger partial charge in [0.25, 0.3) is 0 Å². The summed E-state index contributed by atoms with van der Waals surface area (Å²) in [5.74, 6) is 1.56. The second kappa shape index (κ2) is 6.57. The van der Waals surface area contributed by atoms with Crippen molar-refractivity contribution in [3.63, 3.8) is 0 Å². The van der Waals surface area contributed by atoms with Crippen LogP contribution in [0.4, 0.5) is 0 Å². The van der Waals surface area contributed by atoms with E-state index in [0.29, 0.717) is 5.92 Å². The number of benzene rings is 1. The van der Waals surface area contributed by atoms with Crippen LogP contribution >= 0.6 is 0 Å². The number of piperidine rings is 1. The van der Waals surface area contributed by atoms with Crippen LogP contribution in [0.5, 0.6) is 0 Å². The van der Waals surface area contributed by atoms with Crippen molar-refractivity contribution >= 4 is 0 Å². The summed E-state index contributed by atoms with van der Waals surface area (Å²) in [6.07, 6.45) is 3.21. The van der Waals surface area contributed by atoms with E-state index in [1.165, 1.54) is 40.9 Å². The summed E-state index contributed by atoms with van der Waals surface area (Å²) in [5, 5.41) is 3.43. The smallest absolute Gasteiger partial charge is 0.133 e. The Labute approximate surface area is 133 Å². The number of nitrogens with one attached hydrogen (secondary N) is 1. The lowest BCUT2D eigenvalue weighted by molar-refractivity contribution is 0.455. The maximum Gasteiger partial charge on any atom is 0.133 e. The fourth-order valence-corrected chi connectivity index (χ4v) is 3.58. The van der Waals surface area contributed by atoms with Crippen molar-refractivity contribution in [2.24, 2.45) is 0 Å². The van der Waals surface area contributed by atoms with Crippen molar-refractivity contribution < 1.29 is 0 Å². The van der Waals surface area contributed by atoms with Crippen LogP contribution in [0.25, 0.3) is 0 Å². The molecule has 3 nitrogen and oxygen atoms in total. The minimum absolute atomic E-state index is 0.620. The van der Waals surface area contributed by atoms with Crippen molar-refractivity contribution in [2.45, 2.75) is 46.0 Å².